The molecule has 1 aromatic carbocycles. The SMILES string of the molecule is C#CCN(CC(=O)O)CC(=O)Nc1ccc(C)c(F)c1. The molecule has 0 spiro atoms. The third-order valence-corrected chi connectivity index (χ3v) is 2.50. The number of terminal acetylenes is 1. The van der Waals surface area contributed by atoms with Gasteiger partial charge in [-0.15, -0.1) is 6.42 Å². The van der Waals surface area contributed by atoms with Crippen molar-refractivity contribution in [2.45, 2.75) is 6.92 Å². The van der Waals surface area contributed by atoms with Crippen LogP contribution in [0.25, 0.3) is 0 Å². The summed E-state index contributed by atoms with van der Waals surface area (Å²) in [4.78, 5) is 23.6. The lowest BCUT2D eigenvalue weighted by molar-refractivity contribution is -0.138. The standard InChI is InChI=1S/C14H15FN2O3/c1-3-6-17(9-14(19)20)8-13(18)16-11-5-4-10(2)12(15)7-11/h1,4-5,7H,6,8-9H2,2H3,(H,16,18)(H,19,20). The fourth-order valence-corrected chi connectivity index (χ4v) is 1.56. The van der Waals surface area contributed by atoms with Gasteiger partial charge in [-0.05, 0) is 24.6 Å². The molecule has 0 atom stereocenters. The van der Waals surface area contributed by atoms with E-state index in [0.29, 0.717) is 11.3 Å². The zero-order valence-corrected chi connectivity index (χ0v) is 11.0. The highest BCUT2D eigenvalue weighted by Gasteiger charge is 2.13. The maximum atomic E-state index is 13.3. The molecule has 0 aliphatic rings. The second-order valence-corrected chi connectivity index (χ2v) is 4.26. The van der Waals surface area contributed by atoms with Crippen LogP contribution in [0.15, 0.2) is 18.2 Å². The molecule has 106 valence electrons. The molecule has 0 heterocycles. The van der Waals surface area contributed by atoms with Crippen molar-refractivity contribution in [3.8, 4) is 12.3 Å². The number of amides is 1. The van der Waals surface area contributed by atoms with Gasteiger partial charge in [-0.25, -0.2) is 4.39 Å². The van der Waals surface area contributed by atoms with Gasteiger partial charge in [0.25, 0.3) is 0 Å². The molecule has 0 aliphatic carbocycles. The summed E-state index contributed by atoms with van der Waals surface area (Å²) in [6, 6.07) is 4.32. The Morgan fingerprint density at radius 2 is 2.15 bits per heavy atom. The largest absolute Gasteiger partial charge is 0.480 e. The predicted molar refractivity (Wildman–Crippen MR) is 72.7 cm³/mol. The Kier molecular flexibility index (Phi) is 5.69. The number of aryl methyl sites for hydroxylation is 1. The van der Waals surface area contributed by atoms with Crippen LogP contribution in [0.2, 0.25) is 0 Å². The Hall–Kier alpha value is -2.39. The molecule has 6 heteroatoms. The van der Waals surface area contributed by atoms with Gasteiger partial charge in [-0.1, -0.05) is 12.0 Å². The van der Waals surface area contributed by atoms with E-state index < -0.39 is 17.7 Å². The first-order valence-corrected chi connectivity index (χ1v) is 5.86. The van der Waals surface area contributed by atoms with Crippen LogP contribution < -0.4 is 5.32 Å². The van der Waals surface area contributed by atoms with Crippen LogP contribution in [-0.4, -0.2) is 41.5 Å². The van der Waals surface area contributed by atoms with Crippen molar-refractivity contribution in [3.05, 3.63) is 29.6 Å². The van der Waals surface area contributed by atoms with E-state index in [0.717, 1.165) is 0 Å². The van der Waals surface area contributed by atoms with Gasteiger partial charge < -0.3 is 10.4 Å². The molecule has 0 saturated heterocycles. The highest BCUT2D eigenvalue weighted by molar-refractivity contribution is 5.92. The molecule has 1 aromatic rings. The molecular formula is C14H15FN2O3. The first kappa shape index (κ1) is 15.7. The van der Waals surface area contributed by atoms with Crippen molar-refractivity contribution in [2.24, 2.45) is 0 Å². The minimum atomic E-state index is -1.07. The number of carbonyl (C=O) groups is 2. The maximum Gasteiger partial charge on any atom is 0.317 e. The molecule has 1 rings (SSSR count). The maximum absolute atomic E-state index is 13.3. The first-order chi connectivity index (χ1) is 9.42. The van der Waals surface area contributed by atoms with Gasteiger partial charge in [0.1, 0.15) is 5.82 Å². The Labute approximate surface area is 116 Å². The van der Waals surface area contributed by atoms with E-state index in [1.54, 1.807) is 19.1 Å². The van der Waals surface area contributed by atoms with Crippen LogP contribution in [0.3, 0.4) is 0 Å². The monoisotopic (exact) mass is 278 g/mol. The lowest BCUT2D eigenvalue weighted by Crippen LogP contribution is -2.37. The van der Waals surface area contributed by atoms with E-state index in [1.807, 2.05) is 0 Å². The summed E-state index contributed by atoms with van der Waals surface area (Å²) in [7, 11) is 0. The van der Waals surface area contributed by atoms with Crippen molar-refractivity contribution in [1.29, 1.82) is 0 Å². The number of carboxylic acids is 1. The number of nitrogens with one attached hydrogen (secondary N) is 1. The molecule has 0 radical (unpaired) electrons. The smallest absolute Gasteiger partial charge is 0.317 e. The summed E-state index contributed by atoms with van der Waals surface area (Å²) < 4.78 is 13.3. The molecule has 5 nitrogen and oxygen atoms in total. The Morgan fingerprint density at radius 3 is 2.70 bits per heavy atom. The molecule has 0 aromatic heterocycles. The number of benzene rings is 1. The molecule has 0 bridgehead atoms. The normalized spacial score (nSPS) is 10.1. The minimum Gasteiger partial charge on any atom is -0.480 e. The molecule has 20 heavy (non-hydrogen) atoms. The van der Waals surface area contributed by atoms with Gasteiger partial charge in [-0.3, -0.25) is 14.5 Å². The Morgan fingerprint density at radius 1 is 1.45 bits per heavy atom. The summed E-state index contributed by atoms with van der Waals surface area (Å²) in [6.45, 7) is 1.15. The number of hydrogen-bond donors (Lipinski definition) is 2. The van der Waals surface area contributed by atoms with E-state index in [1.165, 1.54) is 11.0 Å². The van der Waals surface area contributed by atoms with Gasteiger partial charge in [-0.2, -0.15) is 0 Å². The van der Waals surface area contributed by atoms with Gasteiger partial charge in [0.2, 0.25) is 5.91 Å². The molecule has 2 N–H and O–H groups in total. The van der Waals surface area contributed by atoms with Gasteiger partial charge in [0.15, 0.2) is 0 Å². The zero-order valence-electron chi connectivity index (χ0n) is 11.0. The number of rotatable bonds is 6. The number of carboxylic acid groups (broad SMARTS) is 1. The van der Waals surface area contributed by atoms with Crippen LogP contribution in [0.1, 0.15) is 5.56 Å². The van der Waals surface area contributed by atoms with Gasteiger partial charge >= 0.3 is 5.97 Å². The van der Waals surface area contributed by atoms with Crippen molar-refractivity contribution in [3.63, 3.8) is 0 Å². The summed E-state index contributed by atoms with van der Waals surface area (Å²) in [5.41, 5.74) is 0.789. The highest BCUT2D eigenvalue weighted by Crippen LogP contribution is 2.13. The molecular weight excluding hydrogens is 263 g/mol. The fraction of sp³-hybridized carbons (Fsp3) is 0.286. The molecule has 0 fully saturated rings. The first-order valence-electron chi connectivity index (χ1n) is 5.86. The van der Waals surface area contributed by atoms with Gasteiger partial charge in [0.05, 0.1) is 19.6 Å². The van der Waals surface area contributed by atoms with E-state index in [4.69, 9.17) is 11.5 Å². The molecule has 0 aliphatic heterocycles. The van der Waals surface area contributed by atoms with Crippen molar-refractivity contribution < 1.29 is 19.1 Å². The van der Waals surface area contributed by atoms with Crippen LogP contribution >= 0.6 is 0 Å². The number of hydrogen-bond acceptors (Lipinski definition) is 3. The van der Waals surface area contributed by atoms with Crippen LogP contribution in [0, 0.1) is 25.1 Å². The van der Waals surface area contributed by atoms with E-state index in [2.05, 4.69) is 11.2 Å². The van der Waals surface area contributed by atoms with Crippen LogP contribution in [0.4, 0.5) is 10.1 Å². The second-order valence-electron chi connectivity index (χ2n) is 4.26. The molecule has 1 amide bonds. The lowest BCUT2D eigenvalue weighted by Gasteiger charge is -2.16. The molecule has 0 saturated carbocycles. The van der Waals surface area contributed by atoms with E-state index in [-0.39, 0.29) is 19.6 Å². The predicted octanol–water partition coefficient (Wildman–Crippen LogP) is 1.09. The van der Waals surface area contributed by atoms with Crippen LogP contribution in [0.5, 0.6) is 0 Å². The number of anilines is 1. The van der Waals surface area contributed by atoms with Crippen molar-refractivity contribution >= 4 is 17.6 Å². The third-order valence-electron chi connectivity index (χ3n) is 2.50. The quantitative estimate of drug-likeness (QED) is 0.764. The number of aliphatic carboxylic acids is 1. The zero-order chi connectivity index (χ0) is 15.1. The minimum absolute atomic E-state index is 0.0436. The summed E-state index contributed by atoms with van der Waals surface area (Å²) in [5.74, 6) is 0.331. The Balaban J connectivity index is 2.63. The van der Waals surface area contributed by atoms with E-state index >= 15 is 0 Å². The fourth-order valence-electron chi connectivity index (χ4n) is 1.56. The topological polar surface area (TPSA) is 69.6 Å². The average molecular weight is 278 g/mol. The van der Waals surface area contributed by atoms with Crippen molar-refractivity contribution in [2.75, 3.05) is 25.0 Å². The van der Waals surface area contributed by atoms with Gasteiger partial charge in [0, 0.05) is 5.69 Å². The third kappa shape index (κ3) is 5.08. The Bertz CT molecular complexity index is 552. The second kappa shape index (κ2) is 7.26. The lowest BCUT2D eigenvalue weighted by atomic mass is 10.2. The summed E-state index contributed by atoms with van der Waals surface area (Å²) >= 11 is 0. The number of nitrogens with zero attached hydrogens (tertiary/aromatic N) is 1. The van der Waals surface area contributed by atoms with Crippen LogP contribution in [-0.2, 0) is 9.59 Å². The summed E-state index contributed by atoms with van der Waals surface area (Å²) in [6.07, 6.45) is 5.10. The number of halogens is 1. The number of carbonyl (C=O) groups excluding carboxylic acids is 1. The van der Waals surface area contributed by atoms with E-state index in [9.17, 15) is 14.0 Å². The van der Waals surface area contributed by atoms with Crippen molar-refractivity contribution in [1.82, 2.24) is 4.90 Å². The summed E-state index contributed by atoms with van der Waals surface area (Å²) in [5, 5.41) is 11.2. The average Bonchev–Trinajstić information content (AvgIpc) is 2.33. The molecule has 0 unspecified atom stereocenters. The highest BCUT2D eigenvalue weighted by atomic mass is 19.1.